The van der Waals surface area contributed by atoms with Crippen LogP contribution in [0.4, 0.5) is 0 Å². The maximum absolute atomic E-state index is 13.7. The zero-order chi connectivity index (χ0) is 20.6. The van der Waals surface area contributed by atoms with Crippen LogP contribution in [0.1, 0.15) is 30.1 Å². The van der Waals surface area contributed by atoms with Gasteiger partial charge >= 0.3 is 5.97 Å². The molecule has 0 bridgehead atoms. The molecule has 0 radical (unpaired) electrons. The van der Waals surface area contributed by atoms with Crippen molar-refractivity contribution < 1.29 is 9.53 Å². The van der Waals surface area contributed by atoms with Crippen LogP contribution in [0.3, 0.4) is 0 Å². The van der Waals surface area contributed by atoms with E-state index in [9.17, 15) is 4.79 Å². The number of esters is 1. The average molecular weight is 409 g/mol. The number of carbonyl (C=O) groups is 1. The SMILES string of the molecule is COC(=O)[C@@]12C(c3ccccc3)N=CN(C)[C@]1(C)NC(=S)N[C@@H]2c1ccccc1. The fraction of sp³-hybridized carbons (Fsp3) is 0.318. The lowest BCUT2D eigenvalue weighted by molar-refractivity contribution is -0.172. The van der Waals surface area contributed by atoms with Gasteiger partial charge in [-0.2, -0.15) is 0 Å². The van der Waals surface area contributed by atoms with Crippen molar-refractivity contribution >= 4 is 29.6 Å². The molecule has 0 aliphatic carbocycles. The number of aliphatic imine (C=N–C) groups is 1. The largest absolute Gasteiger partial charge is 0.468 e. The standard InChI is InChI=1S/C22H24N4O2S/c1-21-22(19(27)28-3,17(23-14-26(21)2)15-10-6-4-7-11-15)18(24-20(29)25-21)16-12-8-5-9-13-16/h4-14,17-18H,1-3H3,(H2,24,25,29)/t17?,18-,21+,22+/m1/s1. The minimum absolute atomic E-state index is 0.353. The Morgan fingerprint density at radius 2 is 1.69 bits per heavy atom. The van der Waals surface area contributed by atoms with E-state index < -0.39 is 23.2 Å². The van der Waals surface area contributed by atoms with Crippen molar-refractivity contribution in [2.45, 2.75) is 24.7 Å². The van der Waals surface area contributed by atoms with Crippen LogP contribution in [0.25, 0.3) is 0 Å². The van der Waals surface area contributed by atoms with E-state index in [0.29, 0.717) is 5.11 Å². The molecule has 0 aromatic heterocycles. The van der Waals surface area contributed by atoms with E-state index in [2.05, 4.69) is 10.6 Å². The van der Waals surface area contributed by atoms with Gasteiger partial charge in [0.05, 0.1) is 25.5 Å². The topological polar surface area (TPSA) is 66.0 Å². The Labute approximate surface area is 176 Å². The Kier molecular flexibility index (Phi) is 4.78. The minimum atomic E-state index is -1.13. The molecule has 2 aromatic carbocycles. The van der Waals surface area contributed by atoms with Crippen molar-refractivity contribution in [3.05, 3.63) is 71.8 Å². The summed E-state index contributed by atoms with van der Waals surface area (Å²) in [6.45, 7) is 1.98. The lowest BCUT2D eigenvalue weighted by Gasteiger charge is -2.61. The maximum atomic E-state index is 13.7. The van der Waals surface area contributed by atoms with Crippen molar-refractivity contribution in [1.29, 1.82) is 0 Å². The van der Waals surface area contributed by atoms with E-state index in [0.717, 1.165) is 11.1 Å². The first kappa shape index (κ1) is 19.4. The fourth-order valence-corrected chi connectivity index (χ4v) is 4.98. The van der Waals surface area contributed by atoms with E-state index in [1.807, 2.05) is 79.5 Å². The van der Waals surface area contributed by atoms with Gasteiger partial charge in [0.15, 0.2) is 10.5 Å². The molecule has 2 aliphatic heterocycles. The smallest absolute Gasteiger partial charge is 0.321 e. The Morgan fingerprint density at radius 3 is 2.28 bits per heavy atom. The van der Waals surface area contributed by atoms with Gasteiger partial charge in [0, 0.05) is 7.05 Å². The van der Waals surface area contributed by atoms with Crippen molar-refractivity contribution in [1.82, 2.24) is 15.5 Å². The number of nitrogens with one attached hydrogen (secondary N) is 2. The molecule has 7 heteroatoms. The van der Waals surface area contributed by atoms with E-state index in [4.69, 9.17) is 21.9 Å². The molecule has 29 heavy (non-hydrogen) atoms. The minimum Gasteiger partial charge on any atom is -0.468 e. The van der Waals surface area contributed by atoms with Gasteiger partial charge in [0.2, 0.25) is 0 Å². The number of fused-ring (bicyclic) bond motifs is 1. The van der Waals surface area contributed by atoms with Crippen molar-refractivity contribution in [2.24, 2.45) is 10.4 Å². The highest BCUT2D eigenvalue weighted by Gasteiger charge is 2.70. The van der Waals surface area contributed by atoms with Gasteiger partial charge in [-0.05, 0) is 30.3 Å². The molecule has 4 atom stereocenters. The van der Waals surface area contributed by atoms with Crippen LogP contribution in [-0.4, -0.2) is 42.1 Å². The molecule has 2 aromatic rings. The van der Waals surface area contributed by atoms with Crippen LogP contribution in [0.15, 0.2) is 65.7 Å². The molecule has 2 aliphatic rings. The second kappa shape index (κ2) is 7.15. The summed E-state index contributed by atoms with van der Waals surface area (Å²) in [5.41, 5.74) is -0.119. The first-order valence-electron chi connectivity index (χ1n) is 9.48. The maximum Gasteiger partial charge on any atom is 0.321 e. The van der Waals surface area contributed by atoms with Crippen LogP contribution in [0.2, 0.25) is 0 Å². The first-order valence-corrected chi connectivity index (χ1v) is 9.89. The Balaban J connectivity index is 2.05. The number of rotatable bonds is 3. The predicted molar refractivity (Wildman–Crippen MR) is 116 cm³/mol. The summed E-state index contributed by atoms with van der Waals surface area (Å²) in [5, 5.41) is 7.19. The number of carbonyl (C=O) groups excluding carboxylic acids is 1. The summed E-state index contributed by atoms with van der Waals surface area (Å²) in [6.07, 6.45) is 1.77. The highest BCUT2D eigenvalue weighted by atomic mass is 32.1. The van der Waals surface area contributed by atoms with Crippen LogP contribution in [0, 0.1) is 5.41 Å². The molecule has 0 amide bonds. The monoisotopic (exact) mass is 408 g/mol. The molecule has 0 saturated carbocycles. The highest BCUT2D eigenvalue weighted by molar-refractivity contribution is 7.80. The van der Waals surface area contributed by atoms with Crippen molar-refractivity contribution in [2.75, 3.05) is 14.2 Å². The summed E-state index contributed by atoms with van der Waals surface area (Å²) in [5.74, 6) is -0.353. The molecule has 1 fully saturated rings. The molecule has 2 heterocycles. The van der Waals surface area contributed by atoms with Crippen molar-refractivity contribution in [3.63, 3.8) is 0 Å². The molecule has 150 valence electrons. The first-order chi connectivity index (χ1) is 13.9. The van der Waals surface area contributed by atoms with Crippen LogP contribution >= 0.6 is 12.2 Å². The number of methoxy groups -OCH3 is 1. The third-order valence-corrected chi connectivity index (χ3v) is 6.41. The summed E-state index contributed by atoms with van der Waals surface area (Å²) in [6, 6.07) is 18.8. The summed E-state index contributed by atoms with van der Waals surface area (Å²) in [4.78, 5) is 20.4. The van der Waals surface area contributed by atoms with Gasteiger partial charge in [-0.3, -0.25) is 9.79 Å². The second-order valence-electron chi connectivity index (χ2n) is 7.56. The summed E-state index contributed by atoms with van der Waals surface area (Å²) >= 11 is 5.56. The van der Waals surface area contributed by atoms with E-state index >= 15 is 0 Å². The lowest BCUT2D eigenvalue weighted by atomic mass is 9.59. The molecular weight excluding hydrogens is 384 g/mol. The zero-order valence-electron chi connectivity index (χ0n) is 16.6. The summed E-state index contributed by atoms with van der Waals surface area (Å²) in [7, 11) is 3.32. The number of thiocarbonyl (C=S) groups is 1. The molecule has 4 rings (SSSR count). The third-order valence-electron chi connectivity index (χ3n) is 6.19. The van der Waals surface area contributed by atoms with Gasteiger partial charge in [-0.15, -0.1) is 0 Å². The number of ether oxygens (including phenoxy) is 1. The fourth-order valence-electron chi connectivity index (χ4n) is 4.66. The van der Waals surface area contributed by atoms with Gasteiger partial charge in [-0.1, -0.05) is 60.7 Å². The van der Waals surface area contributed by atoms with Gasteiger partial charge in [-0.25, -0.2) is 0 Å². The normalized spacial score (nSPS) is 30.7. The van der Waals surface area contributed by atoms with Gasteiger partial charge in [0.1, 0.15) is 5.66 Å². The molecule has 1 saturated heterocycles. The van der Waals surface area contributed by atoms with Gasteiger partial charge < -0.3 is 20.3 Å². The van der Waals surface area contributed by atoms with Crippen LogP contribution in [-0.2, 0) is 9.53 Å². The quantitative estimate of drug-likeness (QED) is 0.601. The third kappa shape index (κ3) is 2.72. The lowest BCUT2D eigenvalue weighted by Crippen LogP contribution is -2.79. The molecule has 2 N–H and O–H groups in total. The van der Waals surface area contributed by atoms with E-state index in [1.54, 1.807) is 6.34 Å². The van der Waals surface area contributed by atoms with Crippen molar-refractivity contribution in [3.8, 4) is 0 Å². The molecular formula is C22H24N4O2S. The Morgan fingerprint density at radius 1 is 1.10 bits per heavy atom. The van der Waals surface area contributed by atoms with E-state index in [-0.39, 0.29) is 5.97 Å². The Hall–Kier alpha value is -2.93. The highest BCUT2D eigenvalue weighted by Crippen LogP contribution is 2.57. The summed E-state index contributed by atoms with van der Waals surface area (Å²) < 4.78 is 5.44. The second-order valence-corrected chi connectivity index (χ2v) is 7.97. The van der Waals surface area contributed by atoms with Crippen LogP contribution < -0.4 is 10.6 Å². The molecule has 0 spiro atoms. The zero-order valence-corrected chi connectivity index (χ0v) is 17.4. The van der Waals surface area contributed by atoms with Gasteiger partial charge in [0.25, 0.3) is 0 Å². The Bertz CT molecular complexity index is 952. The number of hydrogen-bond acceptors (Lipinski definition) is 5. The number of nitrogens with zero attached hydrogens (tertiary/aromatic N) is 2. The molecule has 1 unspecified atom stereocenters. The predicted octanol–water partition coefficient (Wildman–Crippen LogP) is 2.80. The van der Waals surface area contributed by atoms with Crippen LogP contribution in [0.5, 0.6) is 0 Å². The molecule has 6 nitrogen and oxygen atoms in total. The van der Waals surface area contributed by atoms with E-state index in [1.165, 1.54) is 7.11 Å². The number of benzene rings is 2. The number of hydrogen-bond donors (Lipinski definition) is 2. The average Bonchev–Trinajstić information content (AvgIpc) is 2.74.